The maximum atomic E-state index is 5.86. The zero-order valence-electron chi connectivity index (χ0n) is 6.98. The van der Waals surface area contributed by atoms with Crippen LogP contribution in [-0.2, 0) is 7.05 Å². The van der Waals surface area contributed by atoms with E-state index in [0.29, 0.717) is 10.8 Å². The average molecular weight is 195 g/mol. The minimum atomic E-state index is 0.372. The van der Waals surface area contributed by atoms with E-state index in [1.165, 1.54) is 0 Å². The number of imidazole rings is 1. The van der Waals surface area contributed by atoms with Gasteiger partial charge in [0, 0.05) is 31.8 Å². The van der Waals surface area contributed by atoms with Crippen molar-refractivity contribution in [3.63, 3.8) is 0 Å². The molecule has 0 aliphatic heterocycles. The van der Waals surface area contributed by atoms with Crippen LogP contribution in [0.1, 0.15) is 0 Å². The number of rotatable bonds is 1. The van der Waals surface area contributed by atoms with Crippen molar-refractivity contribution in [2.75, 3.05) is 0 Å². The molecule has 0 spiro atoms. The number of hydrogen-bond acceptors (Lipinski definition) is 3. The molecule has 0 aromatic carbocycles. The Labute approximate surface area is 80.2 Å². The summed E-state index contributed by atoms with van der Waals surface area (Å²) in [4.78, 5) is 12.2. The summed E-state index contributed by atoms with van der Waals surface area (Å²) in [5.74, 6) is 0.720. The molecule has 0 saturated heterocycles. The highest BCUT2D eigenvalue weighted by Gasteiger charge is 2.09. The summed E-state index contributed by atoms with van der Waals surface area (Å²) in [5, 5.41) is 0.372. The van der Waals surface area contributed by atoms with Gasteiger partial charge in [-0.3, -0.25) is 0 Å². The van der Waals surface area contributed by atoms with Gasteiger partial charge >= 0.3 is 0 Å². The van der Waals surface area contributed by atoms with Gasteiger partial charge < -0.3 is 4.57 Å². The second-order valence-electron chi connectivity index (χ2n) is 2.56. The molecule has 0 aliphatic rings. The molecule has 13 heavy (non-hydrogen) atoms. The highest BCUT2D eigenvalue weighted by atomic mass is 35.5. The van der Waals surface area contributed by atoms with E-state index in [9.17, 15) is 0 Å². The third-order valence-electron chi connectivity index (χ3n) is 1.69. The van der Waals surface area contributed by atoms with E-state index in [4.69, 9.17) is 11.6 Å². The Hall–Kier alpha value is -1.42. The Morgan fingerprint density at radius 2 is 1.92 bits per heavy atom. The summed E-state index contributed by atoms with van der Waals surface area (Å²) in [7, 11) is 1.88. The first kappa shape index (κ1) is 8.19. The molecule has 0 aliphatic carbocycles. The van der Waals surface area contributed by atoms with E-state index in [2.05, 4.69) is 15.0 Å². The molecule has 0 fully saturated rings. The average Bonchev–Trinajstić information content (AvgIpc) is 2.52. The summed E-state index contributed by atoms with van der Waals surface area (Å²) < 4.78 is 1.84. The molecule has 2 heterocycles. The van der Waals surface area contributed by atoms with E-state index >= 15 is 0 Å². The molecule has 0 saturated carbocycles. The summed E-state index contributed by atoms with van der Waals surface area (Å²) >= 11 is 5.86. The zero-order valence-corrected chi connectivity index (χ0v) is 7.73. The van der Waals surface area contributed by atoms with Crippen molar-refractivity contribution in [1.82, 2.24) is 19.5 Å². The van der Waals surface area contributed by atoms with Gasteiger partial charge in [-0.25, -0.2) is 15.0 Å². The first-order valence-electron chi connectivity index (χ1n) is 3.73. The molecule has 0 atom stereocenters. The Morgan fingerprint density at radius 1 is 1.15 bits per heavy atom. The molecular formula is C8H7ClN4. The first-order valence-corrected chi connectivity index (χ1v) is 4.11. The van der Waals surface area contributed by atoms with Gasteiger partial charge in [-0.1, -0.05) is 11.6 Å². The molecule has 0 bridgehead atoms. The lowest BCUT2D eigenvalue weighted by molar-refractivity contribution is 0.915. The van der Waals surface area contributed by atoms with Gasteiger partial charge in [0.15, 0.2) is 11.0 Å². The Kier molecular flexibility index (Phi) is 1.98. The Bertz CT molecular complexity index is 424. The molecule has 2 rings (SSSR count). The molecule has 0 unspecified atom stereocenters. The van der Waals surface area contributed by atoms with Crippen LogP contribution >= 0.6 is 11.6 Å². The molecule has 2 aromatic heterocycles. The first-order chi connectivity index (χ1) is 6.29. The van der Waals surface area contributed by atoms with Gasteiger partial charge in [0.2, 0.25) is 0 Å². The molecule has 66 valence electrons. The predicted octanol–water partition coefficient (Wildman–Crippen LogP) is 1.53. The maximum Gasteiger partial charge on any atom is 0.161 e. The zero-order chi connectivity index (χ0) is 9.26. The second-order valence-corrected chi connectivity index (χ2v) is 2.92. The van der Waals surface area contributed by atoms with Gasteiger partial charge in [-0.05, 0) is 0 Å². The van der Waals surface area contributed by atoms with Crippen LogP contribution in [0.4, 0.5) is 0 Å². The largest absolute Gasteiger partial charge is 0.333 e. The second kappa shape index (κ2) is 3.14. The lowest BCUT2D eigenvalue weighted by atomic mass is 10.4. The summed E-state index contributed by atoms with van der Waals surface area (Å²) in [6.07, 6.45) is 6.67. The highest BCUT2D eigenvalue weighted by molar-refractivity contribution is 6.31. The van der Waals surface area contributed by atoms with Crippen LogP contribution < -0.4 is 0 Å². The van der Waals surface area contributed by atoms with Crippen molar-refractivity contribution in [2.24, 2.45) is 7.05 Å². The molecule has 0 amide bonds. The van der Waals surface area contributed by atoms with E-state index in [-0.39, 0.29) is 0 Å². The van der Waals surface area contributed by atoms with Crippen LogP contribution in [0.15, 0.2) is 24.8 Å². The van der Waals surface area contributed by atoms with E-state index in [0.717, 1.165) is 5.82 Å². The summed E-state index contributed by atoms with van der Waals surface area (Å²) in [5.41, 5.74) is 0.608. The molecule has 5 heteroatoms. The van der Waals surface area contributed by atoms with Gasteiger partial charge in [-0.15, -0.1) is 0 Å². The molecule has 4 nitrogen and oxygen atoms in total. The molecular weight excluding hydrogens is 188 g/mol. The Morgan fingerprint density at radius 3 is 2.54 bits per heavy atom. The third-order valence-corrected chi connectivity index (χ3v) is 1.96. The van der Waals surface area contributed by atoms with Crippen LogP contribution in [0.25, 0.3) is 11.5 Å². The monoisotopic (exact) mass is 194 g/mol. The van der Waals surface area contributed by atoms with Crippen LogP contribution in [0, 0.1) is 0 Å². The minimum absolute atomic E-state index is 0.372. The SMILES string of the molecule is Cn1ccnc1-c1nccnc1Cl. The van der Waals surface area contributed by atoms with Gasteiger partial charge in [0.25, 0.3) is 0 Å². The van der Waals surface area contributed by atoms with E-state index in [1.54, 1.807) is 18.6 Å². The number of nitrogens with zero attached hydrogens (tertiary/aromatic N) is 4. The molecule has 0 radical (unpaired) electrons. The summed E-state index contributed by atoms with van der Waals surface area (Å²) in [6, 6.07) is 0. The van der Waals surface area contributed by atoms with E-state index < -0.39 is 0 Å². The van der Waals surface area contributed by atoms with Crippen LogP contribution in [0.2, 0.25) is 5.15 Å². The molecule has 0 N–H and O–H groups in total. The van der Waals surface area contributed by atoms with Crippen molar-refractivity contribution in [1.29, 1.82) is 0 Å². The predicted molar refractivity (Wildman–Crippen MR) is 49.2 cm³/mol. The van der Waals surface area contributed by atoms with Crippen LogP contribution in [-0.4, -0.2) is 19.5 Å². The van der Waals surface area contributed by atoms with Crippen molar-refractivity contribution in [3.05, 3.63) is 29.9 Å². The van der Waals surface area contributed by atoms with Crippen LogP contribution in [0.5, 0.6) is 0 Å². The fourth-order valence-corrected chi connectivity index (χ4v) is 1.25. The Balaban J connectivity index is 2.59. The number of aromatic nitrogens is 4. The van der Waals surface area contributed by atoms with Gasteiger partial charge in [-0.2, -0.15) is 0 Å². The van der Waals surface area contributed by atoms with Gasteiger partial charge in [0.05, 0.1) is 0 Å². The third kappa shape index (κ3) is 1.40. The number of aryl methyl sites for hydroxylation is 1. The molecule has 2 aromatic rings. The minimum Gasteiger partial charge on any atom is -0.333 e. The highest BCUT2D eigenvalue weighted by Crippen LogP contribution is 2.20. The lowest BCUT2D eigenvalue weighted by Crippen LogP contribution is -1.95. The fraction of sp³-hybridized carbons (Fsp3) is 0.125. The van der Waals surface area contributed by atoms with Crippen molar-refractivity contribution in [2.45, 2.75) is 0 Å². The normalized spacial score (nSPS) is 10.3. The summed E-state index contributed by atoms with van der Waals surface area (Å²) in [6.45, 7) is 0. The van der Waals surface area contributed by atoms with Crippen LogP contribution in [0.3, 0.4) is 0 Å². The fourth-order valence-electron chi connectivity index (χ4n) is 1.06. The van der Waals surface area contributed by atoms with Crippen molar-refractivity contribution < 1.29 is 0 Å². The number of hydrogen-bond donors (Lipinski definition) is 0. The van der Waals surface area contributed by atoms with Crippen molar-refractivity contribution in [3.8, 4) is 11.5 Å². The van der Waals surface area contributed by atoms with Crippen molar-refractivity contribution >= 4 is 11.6 Å². The van der Waals surface area contributed by atoms with E-state index in [1.807, 2.05) is 17.8 Å². The number of halogens is 1. The lowest BCUT2D eigenvalue weighted by Gasteiger charge is -2.00. The maximum absolute atomic E-state index is 5.86. The topological polar surface area (TPSA) is 43.6 Å². The smallest absolute Gasteiger partial charge is 0.161 e. The standard InChI is InChI=1S/C8H7ClN4/c1-13-5-4-12-8(13)6-7(9)11-3-2-10-6/h2-5H,1H3. The quantitative estimate of drug-likeness (QED) is 0.692. The van der Waals surface area contributed by atoms with Gasteiger partial charge in [0.1, 0.15) is 5.69 Å².